The van der Waals surface area contributed by atoms with Gasteiger partial charge in [0.05, 0.1) is 19.9 Å². The number of carbonyl (C=O) groups is 3. The summed E-state index contributed by atoms with van der Waals surface area (Å²) in [6.45, 7) is 1.20. The van der Waals surface area contributed by atoms with E-state index < -0.39 is 29.9 Å². The van der Waals surface area contributed by atoms with E-state index in [4.69, 9.17) is 9.47 Å². The number of fused-ring (bicyclic) bond motifs is 1. The second-order valence-corrected chi connectivity index (χ2v) is 7.62. The number of amides is 4. The Hall–Kier alpha value is -4.07. The van der Waals surface area contributed by atoms with Crippen molar-refractivity contribution < 1.29 is 23.9 Å². The summed E-state index contributed by atoms with van der Waals surface area (Å²) in [5.74, 6) is -0.0781. The number of anilines is 1. The van der Waals surface area contributed by atoms with Crippen molar-refractivity contribution in [3.63, 3.8) is 0 Å². The monoisotopic (exact) mass is 433 g/mol. The highest BCUT2D eigenvalue weighted by Crippen LogP contribution is 2.32. The lowest BCUT2D eigenvalue weighted by atomic mass is 9.90. The highest BCUT2D eigenvalue weighted by molar-refractivity contribution is 6.10. The first-order valence-corrected chi connectivity index (χ1v) is 10.0. The van der Waals surface area contributed by atoms with Crippen LogP contribution >= 0.6 is 0 Å². The van der Waals surface area contributed by atoms with Crippen LogP contribution in [0.4, 0.5) is 10.5 Å². The zero-order valence-corrected chi connectivity index (χ0v) is 18.0. The standard InChI is InChI=1S/C24H23N3O5/c1-24(17-9-8-15-6-4-5-7-16(15)12-17)22(29)27(23(30)26-24)14-21(28)25-19-13-18(31-2)10-11-20(19)32-3/h4-13H,14H2,1-3H3,(H,25,28)(H,26,30)/t24-/m1/s1. The molecule has 32 heavy (non-hydrogen) atoms. The third-order valence-electron chi connectivity index (χ3n) is 5.58. The Balaban J connectivity index is 1.54. The van der Waals surface area contributed by atoms with Crippen LogP contribution < -0.4 is 20.1 Å². The van der Waals surface area contributed by atoms with Crippen molar-refractivity contribution in [1.29, 1.82) is 0 Å². The average molecular weight is 433 g/mol. The number of methoxy groups -OCH3 is 2. The molecule has 1 aliphatic heterocycles. The third-order valence-corrected chi connectivity index (χ3v) is 5.58. The van der Waals surface area contributed by atoms with Crippen LogP contribution in [0, 0.1) is 0 Å². The molecule has 1 saturated heterocycles. The number of nitrogens with one attached hydrogen (secondary N) is 2. The van der Waals surface area contributed by atoms with Gasteiger partial charge in [-0.2, -0.15) is 0 Å². The fraction of sp³-hybridized carbons (Fsp3) is 0.208. The molecule has 0 saturated carbocycles. The molecule has 0 spiro atoms. The van der Waals surface area contributed by atoms with E-state index in [9.17, 15) is 14.4 Å². The van der Waals surface area contributed by atoms with Gasteiger partial charge in [0, 0.05) is 6.07 Å². The van der Waals surface area contributed by atoms with Crippen molar-refractivity contribution in [2.75, 3.05) is 26.1 Å². The number of nitrogens with zero attached hydrogens (tertiary/aromatic N) is 1. The molecule has 1 fully saturated rings. The number of carbonyl (C=O) groups excluding carboxylic acids is 3. The maximum atomic E-state index is 13.2. The van der Waals surface area contributed by atoms with Gasteiger partial charge in [-0.25, -0.2) is 4.79 Å². The number of benzene rings is 3. The summed E-state index contributed by atoms with van der Waals surface area (Å²) in [5.41, 5.74) is -0.247. The molecule has 8 nitrogen and oxygen atoms in total. The summed E-state index contributed by atoms with van der Waals surface area (Å²) in [4.78, 5) is 39.4. The fourth-order valence-electron chi connectivity index (χ4n) is 3.78. The van der Waals surface area contributed by atoms with Crippen molar-refractivity contribution in [3.8, 4) is 11.5 Å². The fourth-order valence-corrected chi connectivity index (χ4v) is 3.78. The van der Waals surface area contributed by atoms with Crippen LogP contribution in [0.2, 0.25) is 0 Å². The van der Waals surface area contributed by atoms with Crippen molar-refractivity contribution in [2.24, 2.45) is 0 Å². The average Bonchev–Trinajstić information content (AvgIpc) is 3.02. The number of urea groups is 1. The molecule has 0 aliphatic carbocycles. The number of hydrogen-bond acceptors (Lipinski definition) is 5. The van der Waals surface area contributed by atoms with Crippen molar-refractivity contribution >= 4 is 34.3 Å². The number of ether oxygens (including phenoxy) is 2. The molecule has 0 aromatic heterocycles. The Labute approximate surface area is 185 Å². The molecule has 4 amide bonds. The maximum absolute atomic E-state index is 13.2. The van der Waals surface area contributed by atoms with Crippen LogP contribution in [-0.2, 0) is 15.1 Å². The molecule has 0 bridgehead atoms. The van der Waals surface area contributed by atoms with Gasteiger partial charge in [-0.15, -0.1) is 0 Å². The van der Waals surface area contributed by atoms with Gasteiger partial charge in [0.1, 0.15) is 23.6 Å². The summed E-state index contributed by atoms with van der Waals surface area (Å²) in [6, 6.07) is 17.7. The van der Waals surface area contributed by atoms with Crippen molar-refractivity contribution in [1.82, 2.24) is 10.2 Å². The summed E-state index contributed by atoms with van der Waals surface area (Å²) < 4.78 is 10.4. The minimum absolute atomic E-state index is 0.376. The maximum Gasteiger partial charge on any atom is 0.325 e. The molecule has 1 atom stereocenters. The van der Waals surface area contributed by atoms with Crippen LogP contribution in [0.5, 0.6) is 11.5 Å². The SMILES string of the molecule is COc1ccc(OC)c(NC(=O)CN2C(=O)N[C@](C)(c3ccc4ccccc4c3)C2=O)c1. The van der Waals surface area contributed by atoms with Gasteiger partial charge in [-0.1, -0.05) is 36.4 Å². The van der Waals surface area contributed by atoms with E-state index >= 15 is 0 Å². The summed E-state index contributed by atoms with van der Waals surface area (Å²) in [5, 5.41) is 7.39. The Morgan fingerprint density at radius 3 is 2.47 bits per heavy atom. The lowest BCUT2D eigenvalue weighted by Gasteiger charge is -2.22. The van der Waals surface area contributed by atoms with Gasteiger partial charge in [-0.05, 0) is 41.5 Å². The van der Waals surface area contributed by atoms with E-state index in [1.807, 2.05) is 42.5 Å². The van der Waals surface area contributed by atoms with E-state index in [-0.39, 0.29) is 0 Å². The predicted molar refractivity (Wildman–Crippen MR) is 120 cm³/mol. The first kappa shape index (κ1) is 21.2. The zero-order chi connectivity index (χ0) is 22.9. The predicted octanol–water partition coefficient (Wildman–Crippen LogP) is 3.26. The topological polar surface area (TPSA) is 97.0 Å². The first-order chi connectivity index (χ1) is 15.4. The summed E-state index contributed by atoms with van der Waals surface area (Å²) in [6.07, 6.45) is 0. The molecule has 0 radical (unpaired) electrons. The molecule has 8 heteroatoms. The Morgan fingerprint density at radius 1 is 1.00 bits per heavy atom. The number of rotatable bonds is 6. The first-order valence-electron chi connectivity index (χ1n) is 10.0. The molecule has 164 valence electrons. The van der Waals surface area contributed by atoms with E-state index in [1.54, 1.807) is 25.1 Å². The van der Waals surface area contributed by atoms with Crippen LogP contribution in [-0.4, -0.2) is 43.5 Å². The summed E-state index contributed by atoms with van der Waals surface area (Å²) in [7, 11) is 2.98. The van der Waals surface area contributed by atoms with E-state index in [1.165, 1.54) is 14.2 Å². The van der Waals surface area contributed by atoms with E-state index in [2.05, 4.69) is 10.6 Å². The highest BCUT2D eigenvalue weighted by Gasteiger charge is 2.49. The molecule has 4 rings (SSSR count). The Bertz CT molecular complexity index is 1230. The Kier molecular flexibility index (Phi) is 5.44. The lowest BCUT2D eigenvalue weighted by Crippen LogP contribution is -2.42. The van der Waals surface area contributed by atoms with E-state index in [0.717, 1.165) is 15.7 Å². The minimum atomic E-state index is -1.27. The molecule has 1 heterocycles. The van der Waals surface area contributed by atoms with Gasteiger partial charge in [0.15, 0.2) is 0 Å². The second-order valence-electron chi connectivity index (χ2n) is 7.62. The van der Waals surface area contributed by atoms with E-state index in [0.29, 0.717) is 22.7 Å². The smallest absolute Gasteiger partial charge is 0.325 e. The quantitative estimate of drug-likeness (QED) is 0.582. The van der Waals surface area contributed by atoms with Crippen molar-refractivity contribution in [2.45, 2.75) is 12.5 Å². The summed E-state index contributed by atoms with van der Waals surface area (Å²) >= 11 is 0. The molecule has 0 unspecified atom stereocenters. The number of imide groups is 1. The Morgan fingerprint density at radius 2 is 1.75 bits per heavy atom. The normalized spacial score (nSPS) is 17.9. The molecular weight excluding hydrogens is 410 g/mol. The lowest BCUT2D eigenvalue weighted by molar-refractivity contribution is -0.133. The van der Waals surface area contributed by atoms with Gasteiger partial charge in [0.2, 0.25) is 5.91 Å². The van der Waals surface area contributed by atoms with Gasteiger partial charge < -0.3 is 20.1 Å². The third kappa shape index (κ3) is 3.71. The van der Waals surface area contributed by atoms with Gasteiger partial charge in [-0.3, -0.25) is 14.5 Å². The van der Waals surface area contributed by atoms with Crippen molar-refractivity contribution in [3.05, 3.63) is 66.2 Å². The van der Waals surface area contributed by atoms with Crippen LogP contribution in [0.1, 0.15) is 12.5 Å². The second kappa shape index (κ2) is 8.22. The molecular formula is C24H23N3O5. The zero-order valence-electron chi connectivity index (χ0n) is 18.0. The highest BCUT2D eigenvalue weighted by atomic mass is 16.5. The van der Waals surface area contributed by atoms with Gasteiger partial charge in [0.25, 0.3) is 5.91 Å². The molecule has 2 N–H and O–H groups in total. The number of hydrogen-bond donors (Lipinski definition) is 2. The minimum Gasteiger partial charge on any atom is -0.497 e. The van der Waals surface area contributed by atoms with Gasteiger partial charge >= 0.3 is 6.03 Å². The largest absolute Gasteiger partial charge is 0.497 e. The van der Waals surface area contributed by atoms with Crippen LogP contribution in [0.15, 0.2) is 60.7 Å². The van der Waals surface area contributed by atoms with Crippen LogP contribution in [0.25, 0.3) is 10.8 Å². The molecule has 1 aliphatic rings. The molecule has 3 aromatic carbocycles. The molecule has 3 aromatic rings. The van der Waals surface area contributed by atoms with Crippen LogP contribution in [0.3, 0.4) is 0 Å².